The van der Waals surface area contributed by atoms with E-state index >= 15 is 0 Å². The number of furan rings is 1. The first-order chi connectivity index (χ1) is 16.6. The topological polar surface area (TPSA) is 99.0 Å². The summed E-state index contributed by atoms with van der Waals surface area (Å²) in [5.41, 5.74) is 1.26. The minimum Gasteiger partial charge on any atom is -0.486 e. The number of hydrogen-bond donors (Lipinski definition) is 2. The van der Waals surface area contributed by atoms with Crippen molar-refractivity contribution in [2.75, 3.05) is 23.8 Å². The first-order valence-electron chi connectivity index (χ1n) is 10.8. The molecule has 0 spiro atoms. The van der Waals surface area contributed by atoms with Gasteiger partial charge < -0.3 is 29.3 Å². The fourth-order valence-electron chi connectivity index (χ4n) is 3.62. The van der Waals surface area contributed by atoms with Crippen molar-refractivity contribution in [3.8, 4) is 17.2 Å². The molecule has 0 fully saturated rings. The van der Waals surface area contributed by atoms with Crippen molar-refractivity contribution >= 4 is 34.2 Å². The lowest BCUT2D eigenvalue weighted by atomic mass is 10.2. The third kappa shape index (κ3) is 4.38. The van der Waals surface area contributed by atoms with Crippen LogP contribution in [0, 0.1) is 0 Å². The largest absolute Gasteiger partial charge is 0.486 e. The van der Waals surface area contributed by atoms with Crippen LogP contribution in [0.5, 0.6) is 17.2 Å². The van der Waals surface area contributed by atoms with Gasteiger partial charge in [0.15, 0.2) is 17.6 Å². The van der Waals surface area contributed by atoms with Crippen LogP contribution in [0.25, 0.3) is 11.0 Å². The minimum atomic E-state index is -0.801. The van der Waals surface area contributed by atoms with Crippen molar-refractivity contribution in [3.63, 3.8) is 0 Å². The molecular formula is C26H22N2O6. The summed E-state index contributed by atoms with van der Waals surface area (Å²) in [6, 6.07) is 21.3. The molecule has 1 aliphatic rings. The average Bonchev–Trinajstić information content (AvgIpc) is 3.23. The molecule has 1 aromatic heterocycles. The minimum absolute atomic E-state index is 0.0173. The number of benzene rings is 3. The highest BCUT2D eigenvalue weighted by molar-refractivity contribution is 6.15. The van der Waals surface area contributed by atoms with Crippen LogP contribution in [-0.4, -0.2) is 31.1 Å². The molecule has 5 rings (SSSR count). The Balaban J connectivity index is 1.39. The molecule has 2 amide bonds. The summed E-state index contributed by atoms with van der Waals surface area (Å²) < 4.78 is 22.6. The van der Waals surface area contributed by atoms with Gasteiger partial charge in [-0.25, -0.2) is 0 Å². The number of carbonyl (C=O) groups is 2. The first-order valence-corrected chi connectivity index (χ1v) is 10.8. The van der Waals surface area contributed by atoms with Gasteiger partial charge in [-0.3, -0.25) is 9.59 Å². The van der Waals surface area contributed by atoms with Gasteiger partial charge in [-0.1, -0.05) is 30.3 Å². The molecule has 0 bridgehead atoms. The van der Waals surface area contributed by atoms with E-state index in [-0.39, 0.29) is 11.4 Å². The highest BCUT2D eigenvalue weighted by atomic mass is 16.6. The standard InChI is InChI=1S/C26H22N2O6/c1-16(33-18-7-3-2-4-8-18)25(29)28-23-19-9-5-6-10-20(19)34-24(23)26(30)27-17-11-12-21-22(15-17)32-14-13-31-21/h2-12,15-16H,13-14H2,1H3,(H,27,30)(H,28,29)/t16-/m0/s1. The zero-order chi connectivity index (χ0) is 23.5. The van der Waals surface area contributed by atoms with Gasteiger partial charge in [-0.15, -0.1) is 0 Å². The van der Waals surface area contributed by atoms with E-state index in [1.165, 1.54) is 0 Å². The number of amides is 2. The SMILES string of the molecule is C[C@H](Oc1ccccc1)C(=O)Nc1c(C(=O)Nc2ccc3c(c2)OCCO3)oc2ccccc12. The summed E-state index contributed by atoms with van der Waals surface area (Å²) in [6.07, 6.45) is -0.801. The molecule has 2 heterocycles. The molecule has 172 valence electrons. The molecule has 1 atom stereocenters. The number of ether oxygens (including phenoxy) is 3. The summed E-state index contributed by atoms with van der Waals surface area (Å²) in [6.45, 7) is 2.56. The predicted molar refractivity (Wildman–Crippen MR) is 127 cm³/mol. The highest BCUT2D eigenvalue weighted by Gasteiger charge is 2.25. The van der Waals surface area contributed by atoms with Crippen LogP contribution in [0.3, 0.4) is 0 Å². The Labute approximate surface area is 195 Å². The molecule has 0 saturated heterocycles. The molecule has 4 aromatic rings. The van der Waals surface area contributed by atoms with Gasteiger partial charge in [-0.2, -0.15) is 0 Å². The van der Waals surface area contributed by atoms with Crippen molar-refractivity contribution < 1.29 is 28.2 Å². The van der Waals surface area contributed by atoms with Crippen molar-refractivity contribution in [2.24, 2.45) is 0 Å². The maximum absolute atomic E-state index is 13.2. The number of nitrogens with one attached hydrogen (secondary N) is 2. The number of carbonyl (C=O) groups excluding carboxylic acids is 2. The molecular weight excluding hydrogens is 436 g/mol. The maximum atomic E-state index is 13.2. The van der Waals surface area contributed by atoms with Gasteiger partial charge in [0.1, 0.15) is 30.2 Å². The van der Waals surface area contributed by atoms with Crippen LogP contribution in [0.1, 0.15) is 17.5 Å². The Morgan fingerprint density at radius 2 is 1.62 bits per heavy atom. The zero-order valence-corrected chi connectivity index (χ0v) is 18.4. The Morgan fingerprint density at radius 1 is 0.882 bits per heavy atom. The lowest BCUT2D eigenvalue weighted by Crippen LogP contribution is -2.30. The van der Waals surface area contributed by atoms with E-state index in [0.29, 0.717) is 47.1 Å². The lowest BCUT2D eigenvalue weighted by molar-refractivity contribution is -0.122. The number of hydrogen-bond acceptors (Lipinski definition) is 6. The maximum Gasteiger partial charge on any atom is 0.293 e. The van der Waals surface area contributed by atoms with Crippen LogP contribution in [0.15, 0.2) is 77.2 Å². The third-order valence-corrected chi connectivity index (χ3v) is 5.28. The monoisotopic (exact) mass is 458 g/mol. The average molecular weight is 458 g/mol. The van der Waals surface area contributed by atoms with Crippen LogP contribution in [-0.2, 0) is 4.79 Å². The fraction of sp³-hybridized carbons (Fsp3) is 0.154. The quantitative estimate of drug-likeness (QED) is 0.428. The molecule has 0 radical (unpaired) electrons. The van der Waals surface area contributed by atoms with E-state index < -0.39 is 17.9 Å². The molecule has 8 heteroatoms. The smallest absolute Gasteiger partial charge is 0.293 e. The molecule has 3 aromatic carbocycles. The Hall–Kier alpha value is -4.46. The van der Waals surface area contributed by atoms with Crippen LogP contribution in [0.2, 0.25) is 0 Å². The second kappa shape index (κ2) is 9.19. The van der Waals surface area contributed by atoms with Gasteiger partial charge >= 0.3 is 0 Å². The van der Waals surface area contributed by atoms with E-state index in [1.807, 2.05) is 18.2 Å². The number of fused-ring (bicyclic) bond motifs is 2. The van der Waals surface area contributed by atoms with E-state index in [0.717, 1.165) is 0 Å². The van der Waals surface area contributed by atoms with E-state index in [4.69, 9.17) is 18.6 Å². The molecule has 0 saturated carbocycles. The van der Waals surface area contributed by atoms with Crippen molar-refractivity contribution in [2.45, 2.75) is 13.0 Å². The summed E-state index contributed by atoms with van der Waals surface area (Å²) >= 11 is 0. The summed E-state index contributed by atoms with van der Waals surface area (Å²) in [5, 5.41) is 6.21. The third-order valence-electron chi connectivity index (χ3n) is 5.28. The highest BCUT2D eigenvalue weighted by Crippen LogP contribution is 2.34. The van der Waals surface area contributed by atoms with Crippen molar-refractivity contribution in [1.82, 2.24) is 0 Å². The molecule has 2 N–H and O–H groups in total. The fourth-order valence-corrected chi connectivity index (χ4v) is 3.62. The van der Waals surface area contributed by atoms with Gasteiger partial charge in [0.25, 0.3) is 11.8 Å². The lowest BCUT2D eigenvalue weighted by Gasteiger charge is -2.19. The van der Waals surface area contributed by atoms with Crippen molar-refractivity contribution in [3.05, 3.63) is 78.6 Å². The van der Waals surface area contributed by atoms with Crippen molar-refractivity contribution in [1.29, 1.82) is 0 Å². The summed E-state index contributed by atoms with van der Waals surface area (Å²) in [5.74, 6) is 0.793. The normalized spacial score (nSPS) is 13.2. The Bertz CT molecular complexity index is 1350. The van der Waals surface area contributed by atoms with Gasteiger partial charge in [-0.05, 0) is 43.3 Å². The molecule has 34 heavy (non-hydrogen) atoms. The van der Waals surface area contributed by atoms with Crippen LogP contribution >= 0.6 is 0 Å². The van der Waals surface area contributed by atoms with E-state index in [9.17, 15) is 9.59 Å². The second-order valence-electron chi connectivity index (χ2n) is 7.68. The number of anilines is 2. The first kappa shape index (κ1) is 21.4. The van der Waals surface area contributed by atoms with E-state index in [2.05, 4.69) is 10.6 Å². The second-order valence-corrected chi connectivity index (χ2v) is 7.68. The Morgan fingerprint density at radius 3 is 2.44 bits per heavy atom. The van der Waals surface area contributed by atoms with Gasteiger partial charge in [0.05, 0.1) is 0 Å². The van der Waals surface area contributed by atoms with Crippen LogP contribution < -0.4 is 24.8 Å². The molecule has 8 nitrogen and oxygen atoms in total. The number of rotatable bonds is 6. The molecule has 0 unspecified atom stereocenters. The Kier molecular flexibility index (Phi) is 5.78. The van der Waals surface area contributed by atoms with Crippen LogP contribution in [0.4, 0.5) is 11.4 Å². The van der Waals surface area contributed by atoms with Gasteiger partial charge in [0.2, 0.25) is 5.76 Å². The summed E-state index contributed by atoms with van der Waals surface area (Å²) in [7, 11) is 0. The molecule has 0 aliphatic carbocycles. The molecule has 1 aliphatic heterocycles. The number of para-hydroxylation sites is 2. The zero-order valence-electron chi connectivity index (χ0n) is 18.4. The van der Waals surface area contributed by atoms with Gasteiger partial charge in [0, 0.05) is 17.1 Å². The predicted octanol–water partition coefficient (Wildman–Crippen LogP) is 4.86. The van der Waals surface area contributed by atoms with E-state index in [1.54, 1.807) is 61.5 Å². The summed E-state index contributed by atoms with van der Waals surface area (Å²) in [4.78, 5) is 26.1.